The Labute approximate surface area is 179 Å². The van der Waals surface area contributed by atoms with Gasteiger partial charge in [0.2, 0.25) is 17.7 Å². The third kappa shape index (κ3) is 9.72. The smallest absolute Gasteiger partial charge is 0.328 e. The van der Waals surface area contributed by atoms with Crippen LogP contribution < -0.4 is 21.7 Å². The summed E-state index contributed by atoms with van der Waals surface area (Å²) in [6, 6.07) is -5.63. The van der Waals surface area contributed by atoms with Crippen molar-refractivity contribution in [2.75, 3.05) is 6.61 Å². The lowest BCUT2D eigenvalue weighted by Gasteiger charge is -2.27. The first kappa shape index (κ1) is 28.2. The van der Waals surface area contributed by atoms with E-state index in [9.17, 15) is 29.1 Å². The molecule has 0 aromatic heterocycles. The molecule has 178 valence electrons. The van der Waals surface area contributed by atoms with Gasteiger partial charge < -0.3 is 42.1 Å². The van der Waals surface area contributed by atoms with Crippen LogP contribution in [0.5, 0.6) is 0 Å². The standard InChI is InChI=1S/C18H32N4O9/c1-4-8(2)13(19)16(28)22-14(9(3)24)17(29)20-10(5-6-12(25)26)15(27)21-11(7-23)18(30)31/h8-11,13-14,23-24H,4-7,19H2,1-3H3,(H,20,29)(H,21,27)(H,22,28)(H,25,26)(H,30,31). The molecule has 6 atom stereocenters. The zero-order valence-electron chi connectivity index (χ0n) is 17.7. The Kier molecular flexibility index (Phi) is 12.3. The summed E-state index contributed by atoms with van der Waals surface area (Å²) >= 11 is 0. The lowest BCUT2D eigenvalue weighted by molar-refractivity contribution is -0.144. The first-order valence-corrected chi connectivity index (χ1v) is 9.75. The van der Waals surface area contributed by atoms with Crippen molar-refractivity contribution < 1.29 is 44.4 Å². The molecule has 0 aliphatic rings. The number of aliphatic carboxylic acids is 2. The number of hydrogen-bond donors (Lipinski definition) is 8. The molecule has 0 radical (unpaired) electrons. The van der Waals surface area contributed by atoms with E-state index in [0.29, 0.717) is 6.42 Å². The van der Waals surface area contributed by atoms with Crippen molar-refractivity contribution in [2.45, 2.75) is 70.3 Å². The molecule has 0 aliphatic carbocycles. The second-order valence-corrected chi connectivity index (χ2v) is 7.21. The number of carbonyl (C=O) groups excluding carboxylic acids is 3. The molecule has 13 heteroatoms. The minimum Gasteiger partial charge on any atom is -0.481 e. The maximum absolute atomic E-state index is 12.6. The Morgan fingerprint density at radius 1 is 0.903 bits per heavy atom. The minimum absolute atomic E-state index is 0.210. The maximum Gasteiger partial charge on any atom is 0.328 e. The van der Waals surface area contributed by atoms with Crippen LogP contribution in [0.4, 0.5) is 0 Å². The highest BCUT2D eigenvalue weighted by molar-refractivity contribution is 5.94. The predicted molar refractivity (Wildman–Crippen MR) is 106 cm³/mol. The van der Waals surface area contributed by atoms with Crippen molar-refractivity contribution in [3.63, 3.8) is 0 Å². The summed E-state index contributed by atoms with van der Waals surface area (Å²) in [5.41, 5.74) is 5.81. The number of aliphatic hydroxyl groups excluding tert-OH is 2. The molecular formula is C18H32N4O9. The van der Waals surface area contributed by atoms with Crippen LogP contribution >= 0.6 is 0 Å². The monoisotopic (exact) mass is 448 g/mol. The van der Waals surface area contributed by atoms with Crippen LogP contribution in [0.3, 0.4) is 0 Å². The van der Waals surface area contributed by atoms with Gasteiger partial charge in [-0.2, -0.15) is 0 Å². The van der Waals surface area contributed by atoms with Gasteiger partial charge in [0, 0.05) is 6.42 Å². The highest BCUT2D eigenvalue weighted by atomic mass is 16.4. The van der Waals surface area contributed by atoms with Crippen molar-refractivity contribution in [1.82, 2.24) is 16.0 Å². The number of carbonyl (C=O) groups is 5. The molecule has 9 N–H and O–H groups in total. The highest BCUT2D eigenvalue weighted by Gasteiger charge is 2.33. The van der Waals surface area contributed by atoms with Crippen molar-refractivity contribution in [3.8, 4) is 0 Å². The average molecular weight is 448 g/mol. The molecule has 0 spiro atoms. The number of carboxylic acid groups (broad SMARTS) is 2. The lowest BCUT2D eigenvalue weighted by Crippen LogP contribution is -2.60. The maximum atomic E-state index is 12.6. The quantitative estimate of drug-likeness (QED) is 0.135. The summed E-state index contributed by atoms with van der Waals surface area (Å²) in [5, 5.41) is 43.2. The Bertz CT molecular complexity index is 656. The van der Waals surface area contributed by atoms with E-state index in [1.807, 2.05) is 12.2 Å². The van der Waals surface area contributed by atoms with Gasteiger partial charge in [-0.25, -0.2) is 4.79 Å². The molecule has 6 unspecified atom stereocenters. The molecule has 0 rings (SSSR count). The van der Waals surface area contributed by atoms with Crippen molar-refractivity contribution in [1.29, 1.82) is 0 Å². The molecule has 0 bridgehead atoms. The number of rotatable bonds is 14. The van der Waals surface area contributed by atoms with Gasteiger partial charge in [-0.1, -0.05) is 20.3 Å². The van der Waals surface area contributed by atoms with E-state index in [1.165, 1.54) is 6.92 Å². The molecule has 0 saturated heterocycles. The van der Waals surface area contributed by atoms with E-state index in [2.05, 4.69) is 10.6 Å². The lowest BCUT2D eigenvalue weighted by atomic mass is 9.98. The van der Waals surface area contributed by atoms with Crippen molar-refractivity contribution in [2.24, 2.45) is 11.7 Å². The summed E-state index contributed by atoms with van der Waals surface area (Å²) < 4.78 is 0. The largest absolute Gasteiger partial charge is 0.481 e. The van der Waals surface area contributed by atoms with Gasteiger partial charge in [0.15, 0.2) is 0 Å². The molecule has 0 aliphatic heterocycles. The molecule has 13 nitrogen and oxygen atoms in total. The SMILES string of the molecule is CCC(C)C(N)C(=O)NC(C(=O)NC(CCC(=O)O)C(=O)NC(CO)C(=O)O)C(C)O. The van der Waals surface area contributed by atoms with Crippen LogP contribution in [0.25, 0.3) is 0 Å². The van der Waals surface area contributed by atoms with Crippen LogP contribution in [0, 0.1) is 5.92 Å². The van der Waals surface area contributed by atoms with Crippen molar-refractivity contribution in [3.05, 3.63) is 0 Å². The number of aliphatic hydroxyl groups is 2. The molecular weight excluding hydrogens is 416 g/mol. The third-order valence-electron chi connectivity index (χ3n) is 4.70. The van der Waals surface area contributed by atoms with E-state index in [-0.39, 0.29) is 5.92 Å². The number of nitrogens with one attached hydrogen (secondary N) is 3. The first-order chi connectivity index (χ1) is 14.3. The van der Waals surface area contributed by atoms with E-state index in [0.717, 1.165) is 0 Å². The fourth-order valence-electron chi connectivity index (χ4n) is 2.42. The topological polar surface area (TPSA) is 228 Å². The number of amides is 3. The normalized spacial score (nSPS) is 16.7. The molecule has 31 heavy (non-hydrogen) atoms. The second-order valence-electron chi connectivity index (χ2n) is 7.21. The van der Waals surface area contributed by atoms with Gasteiger partial charge >= 0.3 is 11.9 Å². The summed E-state index contributed by atoms with van der Waals surface area (Å²) in [5.74, 6) is -5.77. The van der Waals surface area contributed by atoms with Gasteiger partial charge in [0.05, 0.1) is 18.8 Å². The van der Waals surface area contributed by atoms with E-state index in [1.54, 1.807) is 6.92 Å². The Morgan fingerprint density at radius 2 is 1.45 bits per heavy atom. The van der Waals surface area contributed by atoms with Gasteiger partial charge in [0.25, 0.3) is 0 Å². The molecule has 0 fully saturated rings. The summed E-state index contributed by atoms with van der Waals surface area (Å²) in [6.07, 6.45) is -1.75. The fourth-order valence-corrected chi connectivity index (χ4v) is 2.42. The Balaban J connectivity index is 5.44. The second kappa shape index (κ2) is 13.5. The summed E-state index contributed by atoms with van der Waals surface area (Å²) in [4.78, 5) is 59.1. The summed E-state index contributed by atoms with van der Waals surface area (Å²) in [6.45, 7) is 3.84. The Morgan fingerprint density at radius 3 is 1.87 bits per heavy atom. The molecule has 3 amide bonds. The Hall–Kier alpha value is -2.77. The van der Waals surface area contributed by atoms with Crippen LogP contribution in [0.1, 0.15) is 40.0 Å². The van der Waals surface area contributed by atoms with Gasteiger partial charge in [-0.15, -0.1) is 0 Å². The van der Waals surface area contributed by atoms with Crippen LogP contribution in [0.2, 0.25) is 0 Å². The zero-order chi connectivity index (χ0) is 24.3. The molecule has 0 heterocycles. The van der Waals surface area contributed by atoms with E-state index < -0.39 is 79.4 Å². The average Bonchev–Trinajstić information content (AvgIpc) is 2.70. The minimum atomic E-state index is -1.67. The number of carboxylic acids is 2. The predicted octanol–water partition coefficient (Wildman–Crippen LogP) is -2.86. The van der Waals surface area contributed by atoms with E-state index >= 15 is 0 Å². The summed E-state index contributed by atoms with van der Waals surface area (Å²) in [7, 11) is 0. The third-order valence-corrected chi connectivity index (χ3v) is 4.70. The molecule has 0 aromatic carbocycles. The number of hydrogen-bond acceptors (Lipinski definition) is 8. The van der Waals surface area contributed by atoms with Crippen LogP contribution in [-0.4, -0.2) is 87.0 Å². The highest BCUT2D eigenvalue weighted by Crippen LogP contribution is 2.07. The first-order valence-electron chi connectivity index (χ1n) is 9.75. The number of nitrogens with two attached hydrogens (primary N) is 1. The van der Waals surface area contributed by atoms with Crippen LogP contribution in [-0.2, 0) is 24.0 Å². The van der Waals surface area contributed by atoms with Gasteiger partial charge in [-0.05, 0) is 19.3 Å². The van der Waals surface area contributed by atoms with Crippen LogP contribution in [0.15, 0.2) is 0 Å². The van der Waals surface area contributed by atoms with Crippen molar-refractivity contribution >= 4 is 29.7 Å². The van der Waals surface area contributed by atoms with Gasteiger partial charge in [0.1, 0.15) is 18.1 Å². The van der Waals surface area contributed by atoms with Gasteiger partial charge in [-0.3, -0.25) is 19.2 Å². The fraction of sp³-hybridized carbons (Fsp3) is 0.722. The molecule has 0 saturated carbocycles. The molecule has 0 aromatic rings. The van der Waals surface area contributed by atoms with E-state index in [4.69, 9.17) is 21.1 Å². The zero-order valence-corrected chi connectivity index (χ0v) is 17.7.